The fourth-order valence-corrected chi connectivity index (χ4v) is 4.11. The summed E-state index contributed by atoms with van der Waals surface area (Å²) in [5.41, 5.74) is 4.36. The molecule has 0 saturated carbocycles. The number of nitrogens with one attached hydrogen (secondary N) is 1. The van der Waals surface area contributed by atoms with Gasteiger partial charge in [0.2, 0.25) is 5.78 Å². The molecule has 8 nitrogen and oxygen atoms in total. The number of amides is 1. The van der Waals surface area contributed by atoms with Gasteiger partial charge in [0, 0.05) is 40.8 Å². The lowest BCUT2D eigenvalue weighted by molar-refractivity contribution is -0.142. The third kappa shape index (κ3) is 5.37. The van der Waals surface area contributed by atoms with Crippen molar-refractivity contribution >= 4 is 17.7 Å². The molecule has 0 spiro atoms. The van der Waals surface area contributed by atoms with E-state index in [9.17, 15) is 14.4 Å². The van der Waals surface area contributed by atoms with E-state index in [4.69, 9.17) is 14.2 Å². The summed E-state index contributed by atoms with van der Waals surface area (Å²) in [5, 5.41) is 2.70. The Morgan fingerprint density at radius 2 is 1.69 bits per heavy atom. The van der Waals surface area contributed by atoms with E-state index in [1.807, 2.05) is 55.7 Å². The smallest absolute Gasteiger partial charge is 0.308 e. The second kappa shape index (κ2) is 10.5. The molecule has 1 aliphatic rings. The van der Waals surface area contributed by atoms with E-state index in [2.05, 4.69) is 5.32 Å². The number of carbonyl (C=O) groups is 3. The molecule has 0 saturated heterocycles. The van der Waals surface area contributed by atoms with Crippen molar-refractivity contribution in [1.82, 2.24) is 9.88 Å². The van der Waals surface area contributed by atoms with Gasteiger partial charge in [-0.05, 0) is 50.6 Å². The molecule has 0 radical (unpaired) electrons. The first-order valence-corrected chi connectivity index (χ1v) is 11.5. The minimum atomic E-state index is -0.552. The number of aryl methyl sites for hydroxylation is 2. The number of nitrogens with zero attached hydrogens (tertiary/aromatic N) is 1. The maximum Gasteiger partial charge on any atom is 0.308 e. The lowest BCUT2D eigenvalue weighted by atomic mass is 10.1. The highest BCUT2D eigenvalue weighted by Crippen LogP contribution is 2.33. The van der Waals surface area contributed by atoms with Crippen LogP contribution in [0.25, 0.3) is 5.69 Å². The van der Waals surface area contributed by atoms with Crippen molar-refractivity contribution in [3.05, 3.63) is 76.6 Å². The van der Waals surface area contributed by atoms with Gasteiger partial charge in [0.15, 0.2) is 18.1 Å². The number of ether oxygens (including phenoxy) is 3. The Morgan fingerprint density at radius 1 is 0.943 bits per heavy atom. The summed E-state index contributed by atoms with van der Waals surface area (Å²) >= 11 is 0. The van der Waals surface area contributed by atoms with Crippen LogP contribution in [0.15, 0.2) is 48.5 Å². The zero-order chi connectivity index (χ0) is 24.9. The van der Waals surface area contributed by atoms with E-state index >= 15 is 0 Å². The molecule has 1 N–H and O–H groups in total. The quantitative estimate of drug-likeness (QED) is 0.393. The van der Waals surface area contributed by atoms with Gasteiger partial charge >= 0.3 is 5.97 Å². The molecule has 8 heteroatoms. The molecule has 0 atom stereocenters. The zero-order valence-electron chi connectivity index (χ0n) is 20.1. The van der Waals surface area contributed by atoms with Gasteiger partial charge in [0.25, 0.3) is 5.91 Å². The monoisotopic (exact) mass is 476 g/mol. The van der Waals surface area contributed by atoms with Gasteiger partial charge < -0.3 is 24.1 Å². The van der Waals surface area contributed by atoms with Gasteiger partial charge in [0.1, 0.15) is 13.2 Å². The normalized spacial score (nSPS) is 12.2. The van der Waals surface area contributed by atoms with Gasteiger partial charge in [-0.25, -0.2) is 0 Å². The van der Waals surface area contributed by atoms with Crippen LogP contribution in [0.2, 0.25) is 0 Å². The number of benzene rings is 2. The molecule has 2 aromatic carbocycles. The molecule has 2 heterocycles. The Balaban J connectivity index is 1.33. The summed E-state index contributed by atoms with van der Waals surface area (Å²) in [4.78, 5) is 37.2. The number of Topliss-reactive ketones (excluding diaryl/α,β-unsaturated/α-hetero) is 1. The standard InChI is InChI=1S/C27H28N2O6/c1-17-6-4-5-7-21(17)27(32)28-11-10-26(31)35-16-23(30)22-14-18(2)29(19(22)3)20-8-9-24-25(15-20)34-13-12-33-24/h4-9,14-15H,10-13,16H2,1-3H3,(H,28,32). The number of carbonyl (C=O) groups excluding carboxylic acids is 3. The SMILES string of the molecule is Cc1ccccc1C(=O)NCCC(=O)OCC(=O)c1cc(C)n(-c2ccc3c(c2)OCCO3)c1C. The Bertz CT molecular complexity index is 1280. The average molecular weight is 477 g/mol. The third-order valence-corrected chi connectivity index (χ3v) is 5.88. The molecule has 0 unspecified atom stereocenters. The topological polar surface area (TPSA) is 95.9 Å². The molecule has 0 bridgehead atoms. The van der Waals surface area contributed by atoms with Crippen LogP contribution in [-0.4, -0.2) is 48.6 Å². The molecule has 1 amide bonds. The molecule has 35 heavy (non-hydrogen) atoms. The van der Waals surface area contributed by atoms with Gasteiger partial charge in [-0.3, -0.25) is 14.4 Å². The number of fused-ring (bicyclic) bond motifs is 1. The minimum absolute atomic E-state index is 0.0267. The van der Waals surface area contributed by atoms with Crippen molar-refractivity contribution in [3.63, 3.8) is 0 Å². The molecule has 1 aromatic heterocycles. The van der Waals surface area contributed by atoms with E-state index in [-0.39, 0.29) is 31.3 Å². The van der Waals surface area contributed by atoms with Crippen LogP contribution < -0.4 is 14.8 Å². The van der Waals surface area contributed by atoms with Crippen LogP contribution >= 0.6 is 0 Å². The van der Waals surface area contributed by atoms with E-state index in [1.165, 1.54) is 0 Å². The lowest BCUT2D eigenvalue weighted by Gasteiger charge is -2.20. The zero-order valence-corrected chi connectivity index (χ0v) is 20.1. The lowest BCUT2D eigenvalue weighted by Crippen LogP contribution is -2.27. The van der Waals surface area contributed by atoms with Crippen molar-refractivity contribution in [2.24, 2.45) is 0 Å². The van der Waals surface area contributed by atoms with Crippen LogP contribution in [0.4, 0.5) is 0 Å². The number of hydrogen-bond acceptors (Lipinski definition) is 6. The van der Waals surface area contributed by atoms with E-state index in [0.29, 0.717) is 35.8 Å². The van der Waals surface area contributed by atoms with Crippen LogP contribution in [0, 0.1) is 20.8 Å². The first-order chi connectivity index (χ1) is 16.8. The number of aromatic nitrogens is 1. The van der Waals surface area contributed by atoms with Crippen molar-refractivity contribution in [1.29, 1.82) is 0 Å². The largest absolute Gasteiger partial charge is 0.486 e. The Morgan fingerprint density at radius 3 is 2.46 bits per heavy atom. The van der Waals surface area contributed by atoms with Crippen LogP contribution in [0.3, 0.4) is 0 Å². The van der Waals surface area contributed by atoms with E-state index < -0.39 is 5.97 Å². The molecular weight excluding hydrogens is 448 g/mol. The first-order valence-electron chi connectivity index (χ1n) is 11.5. The summed E-state index contributed by atoms with van der Waals surface area (Å²) in [5.74, 6) is 0.264. The van der Waals surface area contributed by atoms with E-state index in [0.717, 1.165) is 22.6 Å². The van der Waals surface area contributed by atoms with Crippen molar-refractivity contribution in [3.8, 4) is 17.2 Å². The van der Waals surface area contributed by atoms with E-state index in [1.54, 1.807) is 18.2 Å². The third-order valence-electron chi connectivity index (χ3n) is 5.88. The number of ketones is 1. The van der Waals surface area contributed by atoms with Gasteiger partial charge in [-0.1, -0.05) is 18.2 Å². The summed E-state index contributed by atoms with van der Waals surface area (Å²) in [6.07, 6.45) is -0.0267. The van der Waals surface area contributed by atoms with Crippen molar-refractivity contribution in [2.45, 2.75) is 27.2 Å². The molecular formula is C27H28N2O6. The molecule has 4 rings (SSSR count). The Kier molecular flexibility index (Phi) is 7.19. The predicted molar refractivity (Wildman–Crippen MR) is 130 cm³/mol. The molecule has 1 aliphatic heterocycles. The summed E-state index contributed by atoms with van der Waals surface area (Å²) in [6.45, 7) is 6.37. The van der Waals surface area contributed by atoms with Gasteiger partial charge in [-0.2, -0.15) is 0 Å². The Labute approximate surface area is 203 Å². The molecule has 3 aromatic rings. The second-order valence-corrected chi connectivity index (χ2v) is 8.35. The highest BCUT2D eigenvalue weighted by Gasteiger charge is 2.20. The summed E-state index contributed by atoms with van der Waals surface area (Å²) < 4.78 is 18.4. The molecule has 0 aliphatic carbocycles. The number of hydrogen-bond donors (Lipinski definition) is 1. The fourth-order valence-electron chi connectivity index (χ4n) is 4.11. The maximum absolute atomic E-state index is 12.8. The summed E-state index contributed by atoms with van der Waals surface area (Å²) in [6, 6.07) is 14.6. The maximum atomic E-state index is 12.8. The first kappa shape index (κ1) is 24.1. The van der Waals surface area contributed by atoms with Crippen LogP contribution in [0.1, 0.15) is 44.1 Å². The van der Waals surface area contributed by atoms with Gasteiger partial charge in [-0.15, -0.1) is 0 Å². The molecule has 0 fully saturated rings. The van der Waals surface area contributed by atoms with Crippen molar-refractivity contribution in [2.75, 3.05) is 26.4 Å². The number of esters is 1. The van der Waals surface area contributed by atoms with Crippen LogP contribution in [0.5, 0.6) is 11.5 Å². The average Bonchev–Trinajstić information content (AvgIpc) is 3.16. The fraction of sp³-hybridized carbons (Fsp3) is 0.296. The molecule has 182 valence electrons. The second-order valence-electron chi connectivity index (χ2n) is 8.35. The highest BCUT2D eigenvalue weighted by atomic mass is 16.6. The van der Waals surface area contributed by atoms with Gasteiger partial charge in [0.05, 0.1) is 6.42 Å². The number of rotatable bonds is 8. The van der Waals surface area contributed by atoms with Crippen molar-refractivity contribution < 1.29 is 28.6 Å². The predicted octanol–water partition coefficient (Wildman–Crippen LogP) is 3.72. The summed E-state index contributed by atoms with van der Waals surface area (Å²) in [7, 11) is 0. The minimum Gasteiger partial charge on any atom is -0.486 e. The highest BCUT2D eigenvalue weighted by molar-refractivity contribution is 5.99. The Hall–Kier alpha value is -4.07. The van der Waals surface area contributed by atoms with Crippen LogP contribution in [-0.2, 0) is 9.53 Å².